The van der Waals surface area contributed by atoms with Gasteiger partial charge in [0, 0.05) is 18.7 Å². The van der Waals surface area contributed by atoms with Gasteiger partial charge < -0.3 is 15.1 Å². The van der Waals surface area contributed by atoms with Gasteiger partial charge in [-0.15, -0.1) is 0 Å². The molecule has 2 fully saturated rings. The van der Waals surface area contributed by atoms with Crippen molar-refractivity contribution in [3.8, 4) is 5.75 Å². The Morgan fingerprint density at radius 1 is 0.875 bits per heavy atom. The number of amides is 1. The minimum atomic E-state index is -0.780. The molecule has 1 aliphatic heterocycles. The van der Waals surface area contributed by atoms with Crippen LogP contribution in [0.15, 0.2) is 36.4 Å². The van der Waals surface area contributed by atoms with Crippen LogP contribution < -0.4 is 0 Å². The summed E-state index contributed by atoms with van der Waals surface area (Å²) in [7, 11) is 0. The SMILES string of the molecule is CC(C)(C)C1CCCCC1.O=C(O)C1CCN(C(=O)c2ccc3cc(O)ccc3c2)CC1. The van der Waals surface area contributed by atoms with Crippen LogP contribution in [0.1, 0.15) is 76.1 Å². The molecule has 2 aromatic rings. The second kappa shape index (κ2) is 10.4. The standard InChI is InChI=1S/C17H17NO4.C10H20/c19-15-4-3-12-9-14(2-1-13(12)10-15)16(20)18-7-5-11(6-8-18)17(21)22;1-10(2,3)9-7-5-4-6-8-9/h1-4,9-11,19H,5-8H2,(H,21,22);9H,4-8H2,1-3H3. The van der Waals surface area contributed by atoms with Crippen LogP contribution >= 0.6 is 0 Å². The number of carbonyl (C=O) groups excluding carboxylic acids is 1. The Kier molecular flexibility index (Phi) is 7.81. The molecular weight excluding hydrogens is 402 g/mol. The van der Waals surface area contributed by atoms with Crippen molar-refractivity contribution in [3.63, 3.8) is 0 Å². The van der Waals surface area contributed by atoms with Gasteiger partial charge in [-0.25, -0.2) is 0 Å². The third-order valence-electron chi connectivity index (χ3n) is 7.03. The molecule has 1 saturated carbocycles. The number of nitrogens with zero attached hydrogens (tertiary/aromatic N) is 1. The number of hydrogen-bond donors (Lipinski definition) is 2. The van der Waals surface area contributed by atoms with Crippen molar-refractivity contribution in [1.82, 2.24) is 4.90 Å². The lowest BCUT2D eigenvalue weighted by Crippen LogP contribution is -2.40. The van der Waals surface area contributed by atoms with Gasteiger partial charge in [-0.1, -0.05) is 52.2 Å². The first kappa shape index (κ1) is 24.1. The third-order valence-corrected chi connectivity index (χ3v) is 7.03. The van der Waals surface area contributed by atoms with Crippen LogP contribution in [0, 0.1) is 17.3 Å². The van der Waals surface area contributed by atoms with Crippen LogP contribution in [-0.4, -0.2) is 40.1 Å². The highest BCUT2D eigenvalue weighted by molar-refractivity contribution is 5.99. The van der Waals surface area contributed by atoms with E-state index in [9.17, 15) is 14.7 Å². The van der Waals surface area contributed by atoms with Gasteiger partial charge >= 0.3 is 5.97 Å². The fraction of sp³-hybridized carbons (Fsp3) is 0.556. The third kappa shape index (κ3) is 6.24. The highest BCUT2D eigenvalue weighted by Crippen LogP contribution is 2.37. The number of rotatable bonds is 2. The Balaban J connectivity index is 0.000000243. The van der Waals surface area contributed by atoms with E-state index in [2.05, 4.69) is 20.8 Å². The number of carbonyl (C=O) groups is 2. The average molecular weight is 440 g/mol. The average Bonchev–Trinajstić information content (AvgIpc) is 2.79. The zero-order chi connectivity index (χ0) is 23.3. The van der Waals surface area contributed by atoms with Crippen LogP contribution in [0.5, 0.6) is 5.75 Å². The van der Waals surface area contributed by atoms with Crippen LogP contribution in [0.2, 0.25) is 0 Å². The highest BCUT2D eigenvalue weighted by Gasteiger charge is 2.27. The minimum absolute atomic E-state index is 0.0705. The Morgan fingerprint density at radius 2 is 1.47 bits per heavy atom. The van der Waals surface area contributed by atoms with E-state index in [1.165, 1.54) is 32.1 Å². The highest BCUT2D eigenvalue weighted by atomic mass is 16.4. The summed E-state index contributed by atoms with van der Waals surface area (Å²) in [5.74, 6) is 0.00336. The summed E-state index contributed by atoms with van der Waals surface area (Å²) >= 11 is 0. The number of benzene rings is 2. The largest absolute Gasteiger partial charge is 0.508 e. The second-order valence-corrected chi connectivity index (χ2v) is 10.4. The predicted molar refractivity (Wildman–Crippen MR) is 128 cm³/mol. The van der Waals surface area contributed by atoms with Crippen molar-refractivity contribution in [3.05, 3.63) is 42.0 Å². The van der Waals surface area contributed by atoms with E-state index in [0.717, 1.165) is 16.7 Å². The normalized spacial score (nSPS) is 18.2. The lowest BCUT2D eigenvalue weighted by atomic mass is 9.72. The molecule has 0 atom stereocenters. The van der Waals surface area contributed by atoms with E-state index in [-0.39, 0.29) is 17.6 Å². The van der Waals surface area contributed by atoms with Crippen molar-refractivity contribution >= 4 is 22.6 Å². The van der Waals surface area contributed by atoms with Gasteiger partial charge in [0.2, 0.25) is 0 Å². The smallest absolute Gasteiger partial charge is 0.306 e. The summed E-state index contributed by atoms with van der Waals surface area (Å²) in [4.78, 5) is 25.2. The first-order chi connectivity index (χ1) is 15.1. The first-order valence-corrected chi connectivity index (χ1v) is 11.9. The molecule has 174 valence electrons. The number of phenolic OH excluding ortho intramolecular Hbond substituents is 1. The van der Waals surface area contributed by atoms with Crippen molar-refractivity contribution in [2.75, 3.05) is 13.1 Å². The Hall–Kier alpha value is -2.56. The monoisotopic (exact) mass is 439 g/mol. The zero-order valence-corrected chi connectivity index (χ0v) is 19.6. The first-order valence-electron chi connectivity index (χ1n) is 11.9. The van der Waals surface area contributed by atoms with Crippen molar-refractivity contribution < 1.29 is 19.8 Å². The maximum Gasteiger partial charge on any atom is 0.306 e. The molecule has 5 nitrogen and oxygen atoms in total. The van der Waals surface area contributed by atoms with Crippen LogP contribution in [0.3, 0.4) is 0 Å². The molecule has 0 unspecified atom stereocenters. The number of aromatic hydroxyl groups is 1. The Bertz CT molecular complexity index is 932. The second-order valence-electron chi connectivity index (χ2n) is 10.4. The van der Waals surface area contributed by atoms with E-state index < -0.39 is 5.97 Å². The predicted octanol–water partition coefficient (Wildman–Crippen LogP) is 6.10. The lowest BCUT2D eigenvalue weighted by molar-refractivity contribution is -0.143. The fourth-order valence-corrected chi connectivity index (χ4v) is 4.85. The van der Waals surface area contributed by atoms with E-state index in [0.29, 0.717) is 36.9 Å². The molecule has 2 aromatic carbocycles. The molecule has 0 bridgehead atoms. The number of fused-ring (bicyclic) bond motifs is 1. The van der Waals surface area contributed by atoms with Gasteiger partial charge in [-0.05, 0) is 72.1 Å². The van der Waals surface area contributed by atoms with Gasteiger partial charge in [0.25, 0.3) is 5.91 Å². The minimum Gasteiger partial charge on any atom is -0.508 e. The van der Waals surface area contributed by atoms with E-state index >= 15 is 0 Å². The van der Waals surface area contributed by atoms with Crippen LogP contribution in [0.4, 0.5) is 0 Å². The van der Waals surface area contributed by atoms with E-state index in [1.807, 2.05) is 6.07 Å². The molecule has 0 spiro atoms. The molecule has 32 heavy (non-hydrogen) atoms. The van der Waals surface area contributed by atoms with Crippen LogP contribution in [0.25, 0.3) is 10.8 Å². The topological polar surface area (TPSA) is 77.8 Å². The molecule has 1 saturated heterocycles. The molecule has 1 amide bonds. The summed E-state index contributed by atoms with van der Waals surface area (Å²) < 4.78 is 0. The molecule has 0 radical (unpaired) electrons. The van der Waals surface area contributed by atoms with Crippen molar-refractivity contribution in [1.29, 1.82) is 0 Å². The number of carboxylic acid groups (broad SMARTS) is 1. The van der Waals surface area contributed by atoms with Crippen molar-refractivity contribution in [2.45, 2.75) is 65.7 Å². The molecule has 5 heteroatoms. The number of likely N-dealkylation sites (tertiary alicyclic amines) is 1. The lowest BCUT2D eigenvalue weighted by Gasteiger charge is -2.33. The Labute approximate surface area is 191 Å². The van der Waals surface area contributed by atoms with Gasteiger partial charge in [0.05, 0.1) is 5.92 Å². The summed E-state index contributed by atoms with van der Waals surface area (Å²) in [6.07, 6.45) is 8.38. The van der Waals surface area contributed by atoms with Crippen molar-refractivity contribution in [2.24, 2.45) is 17.3 Å². The quantitative estimate of drug-likeness (QED) is 0.593. The molecule has 2 aliphatic rings. The summed E-state index contributed by atoms with van der Waals surface area (Å²) in [5, 5.41) is 20.2. The molecule has 0 aromatic heterocycles. The summed E-state index contributed by atoms with van der Waals surface area (Å²) in [5.41, 5.74) is 1.16. The fourth-order valence-electron chi connectivity index (χ4n) is 4.85. The molecule has 1 aliphatic carbocycles. The van der Waals surface area contributed by atoms with Crippen LogP contribution in [-0.2, 0) is 4.79 Å². The van der Waals surface area contributed by atoms with E-state index in [4.69, 9.17) is 5.11 Å². The zero-order valence-electron chi connectivity index (χ0n) is 19.6. The summed E-state index contributed by atoms with van der Waals surface area (Å²) in [6, 6.07) is 10.4. The maximum atomic E-state index is 12.5. The molecule has 2 N–H and O–H groups in total. The number of aliphatic carboxylic acids is 1. The number of carboxylic acids is 1. The van der Waals surface area contributed by atoms with E-state index in [1.54, 1.807) is 35.2 Å². The molecular formula is C27H37NO4. The maximum absolute atomic E-state index is 12.5. The van der Waals surface area contributed by atoms with Gasteiger partial charge in [-0.3, -0.25) is 9.59 Å². The number of piperidine rings is 1. The molecule has 1 heterocycles. The Morgan fingerprint density at radius 3 is 2.03 bits per heavy atom. The number of phenols is 1. The van der Waals surface area contributed by atoms with Gasteiger partial charge in [0.15, 0.2) is 0 Å². The number of hydrogen-bond acceptors (Lipinski definition) is 3. The summed E-state index contributed by atoms with van der Waals surface area (Å²) in [6.45, 7) is 8.09. The van der Waals surface area contributed by atoms with Gasteiger partial charge in [0.1, 0.15) is 5.75 Å². The van der Waals surface area contributed by atoms with Gasteiger partial charge in [-0.2, -0.15) is 0 Å². The molecule has 4 rings (SSSR count).